The summed E-state index contributed by atoms with van der Waals surface area (Å²) in [6, 6.07) is 123. The zero-order valence-electron chi connectivity index (χ0n) is 44.2. The Balaban J connectivity index is 0.931. The molecule has 0 aliphatic heterocycles. The van der Waals surface area contributed by atoms with Crippen molar-refractivity contribution < 1.29 is 0 Å². The molecule has 0 spiro atoms. The Morgan fingerprint density at radius 2 is 0.375 bits per heavy atom. The minimum Gasteiger partial charge on any atom is -0.310 e. The van der Waals surface area contributed by atoms with Crippen molar-refractivity contribution >= 4 is 34.1 Å². The van der Waals surface area contributed by atoms with Gasteiger partial charge in [-0.3, -0.25) is 0 Å². The molecule has 0 N–H and O–H groups in total. The van der Waals surface area contributed by atoms with E-state index in [0.29, 0.717) is 0 Å². The van der Waals surface area contributed by atoms with E-state index in [-0.39, 0.29) is 0 Å². The average Bonchev–Trinajstić information content (AvgIpc) is 3.57. The number of hydrogen-bond acceptors (Lipinski definition) is 2. The third-order valence-electron chi connectivity index (χ3n) is 15.1. The first kappa shape index (κ1) is 49.1. The summed E-state index contributed by atoms with van der Waals surface area (Å²) < 4.78 is 0. The molecule has 0 bridgehead atoms. The van der Waals surface area contributed by atoms with Gasteiger partial charge in [-0.25, -0.2) is 0 Å². The Morgan fingerprint density at radius 1 is 0.150 bits per heavy atom. The molecule has 378 valence electrons. The zero-order chi connectivity index (χ0) is 53.5. The highest BCUT2D eigenvalue weighted by Crippen LogP contribution is 2.50. The summed E-state index contributed by atoms with van der Waals surface area (Å²) in [4.78, 5) is 4.85. The summed E-state index contributed by atoms with van der Waals surface area (Å²) in [5, 5.41) is 0. The molecule has 0 amide bonds. The Bertz CT molecular complexity index is 4070. The molecule has 0 fully saturated rings. The molecule has 13 aromatic carbocycles. The van der Waals surface area contributed by atoms with E-state index in [4.69, 9.17) is 0 Å². The molecular formula is C78H56N2. The maximum atomic E-state index is 2.45. The summed E-state index contributed by atoms with van der Waals surface area (Å²) in [7, 11) is 0. The van der Waals surface area contributed by atoms with E-state index >= 15 is 0 Å². The number of rotatable bonds is 14. The molecule has 0 saturated carbocycles. The second-order valence-electron chi connectivity index (χ2n) is 20.1. The van der Waals surface area contributed by atoms with Crippen molar-refractivity contribution in [3.8, 4) is 89.0 Å². The molecule has 80 heavy (non-hydrogen) atoms. The van der Waals surface area contributed by atoms with Gasteiger partial charge in [0.1, 0.15) is 0 Å². The lowest BCUT2D eigenvalue weighted by atomic mass is 9.89. The van der Waals surface area contributed by atoms with Crippen LogP contribution in [-0.2, 0) is 0 Å². The maximum Gasteiger partial charge on any atom is 0.0618 e. The van der Waals surface area contributed by atoms with Gasteiger partial charge in [-0.2, -0.15) is 0 Å². The van der Waals surface area contributed by atoms with Gasteiger partial charge in [0.05, 0.1) is 11.4 Å². The molecule has 0 unspecified atom stereocenters. The predicted molar refractivity (Wildman–Crippen MR) is 339 cm³/mol. The number of benzene rings is 13. The van der Waals surface area contributed by atoms with Crippen LogP contribution in [0.15, 0.2) is 340 Å². The minimum atomic E-state index is 1.05. The van der Waals surface area contributed by atoms with Crippen molar-refractivity contribution in [2.75, 3.05) is 9.80 Å². The summed E-state index contributed by atoms with van der Waals surface area (Å²) in [6.45, 7) is 0. The summed E-state index contributed by atoms with van der Waals surface area (Å²) in [5.41, 5.74) is 25.0. The standard InChI is InChI=1S/C78H56N2/c1-8-22-57(23-9-1)61-36-45-70(46-37-61)79(77-53-44-68(59-26-12-3-13-27-59)54-74(77)65-30-16-5-17-31-65)71-47-38-63(39-48-71)64-42-51-73(52-43-64)80(72-49-40-62(41-50-72)58-24-10-2-11-25-58)78-75(66-32-18-6-19-33-66)55-69(60-28-14-4-15-29-60)56-76(78)67-34-20-7-21-35-67/h1-56H. The predicted octanol–water partition coefficient (Wildman–Crippen LogP) is 22.0. The molecule has 2 nitrogen and oxygen atoms in total. The third kappa shape index (κ3) is 10.3. The smallest absolute Gasteiger partial charge is 0.0618 e. The largest absolute Gasteiger partial charge is 0.310 e. The summed E-state index contributed by atoms with van der Waals surface area (Å²) in [5.74, 6) is 0. The average molecular weight is 1020 g/mol. The first-order valence-corrected chi connectivity index (χ1v) is 27.4. The van der Waals surface area contributed by atoms with E-state index in [9.17, 15) is 0 Å². The molecule has 0 aliphatic carbocycles. The Kier molecular flexibility index (Phi) is 13.8. The fourth-order valence-corrected chi connectivity index (χ4v) is 11.0. The van der Waals surface area contributed by atoms with E-state index in [2.05, 4.69) is 350 Å². The van der Waals surface area contributed by atoms with Gasteiger partial charge in [-0.1, -0.05) is 267 Å². The van der Waals surface area contributed by atoms with Crippen LogP contribution in [0.3, 0.4) is 0 Å². The second kappa shape index (κ2) is 22.6. The van der Waals surface area contributed by atoms with Crippen molar-refractivity contribution in [1.29, 1.82) is 0 Å². The fraction of sp³-hybridized carbons (Fsp3) is 0. The molecular weight excluding hydrogens is 965 g/mol. The molecule has 13 rings (SSSR count). The Labute approximate surface area is 470 Å². The van der Waals surface area contributed by atoms with E-state index < -0.39 is 0 Å². The fourth-order valence-electron chi connectivity index (χ4n) is 11.0. The van der Waals surface area contributed by atoms with Gasteiger partial charge in [0.25, 0.3) is 0 Å². The lowest BCUT2D eigenvalue weighted by Gasteiger charge is -2.31. The minimum absolute atomic E-state index is 1.05. The van der Waals surface area contributed by atoms with Crippen LogP contribution in [0.4, 0.5) is 34.1 Å². The van der Waals surface area contributed by atoms with Crippen molar-refractivity contribution in [1.82, 2.24) is 0 Å². The van der Waals surface area contributed by atoms with Gasteiger partial charge in [-0.15, -0.1) is 0 Å². The van der Waals surface area contributed by atoms with Crippen LogP contribution < -0.4 is 9.80 Å². The highest BCUT2D eigenvalue weighted by Gasteiger charge is 2.25. The van der Waals surface area contributed by atoms with Crippen LogP contribution in [0, 0.1) is 0 Å². The van der Waals surface area contributed by atoms with Gasteiger partial charge in [0.2, 0.25) is 0 Å². The topological polar surface area (TPSA) is 6.48 Å². The van der Waals surface area contributed by atoms with Crippen LogP contribution in [0.2, 0.25) is 0 Å². The third-order valence-corrected chi connectivity index (χ3v) is 15.1. The van der Waals surface area contributed by atoms with Crippen molar-refractivity contribution in [2.24, 2.45) is 0 Å². The molecule has 0 radical (unpaired) electrons. The normalized spacial score (nSPS) is 11.0. The Morgan fingerprint density at radius 3 is 0.700 bits per heavy atom. The molecule has 2 heteroatoms. The highest BCUT2D eigenvalue weighted by atomic mass is 15.2. The molecule has 13 aromatic rings. The summed E-state index contributed by atoms with van der Waals surface area (Å²) >= 11 is 0. The van der Waals surface area contributed by atoms with E-state index in [1.807, 2.05) is 0 Å². The monoisotopic (exact) mass is 1020 g/mol. The second-order valence-corrected chi connectivity index (χ2v) is 20.1. The maximum absolute atomic E-state index is 2.45. The van der Waals surface area contributed by atoms with Gasteiger partial charge < -0.3 is 9.80 Å². The zero-order valence-corrected chi connectivity index (χ0v) is 44.2. The first-order chi connectivity index (χ1) is 39.7. The van der Waals surface area contributed by atoms with Crippen molar-refractivity contribution in [3.05, 3.63) is 340 Å². The van der Waals surface area contributed by atoms with Gasteiger partial charge in [0, 0.05) is 39.4 Å². The quantitative estimate of drug-likeness (QED) is 0.107. The highest BCUT2D eigenvalue weighted by molar-refractivity contribution is 6.01. The summed E-state index contributed by atoms with van der Waals surface area (Å²) in [6.07, 6.45) is 0. The first-order valence-electron chi connectivity index (χ1n) is 27.4. The van der Waals surface area contributed by atoms with E-state index in [1.54, 1.807) is 0 Å². The molecule has 0 aliphatic rings. The van der Waals surface area contributed by atoms with Crippen LogP contribution in [0.5, 0.6) is 0 Å². The van der Waals surface area contributed by atoms with E-state index in [0.717, 1.165) is 84.2 Å². The van der Waals surface area contributed by atoms with Crippen molar-refractivity contribution in [2.45, 2.75) is 0 Å². The van der Waals surface area contributed by atoms with Crippen molar-refractivity contribution in [3.63, 3.8) is 0 Å². The van der Waals surface area contributed by atoms with Crippen LogP contribution in [0.25, 0.3) is 89.0 Å². The van der Waals surface area contributed by atoms with E-state index in [1.165, 1.54) is 38.9 Å². The SMILES string of the molecule is c1ccc(-c2ccc(N(c3ccc(-c4ccc(N(c5ccc(-c6ccccc6)cc5)c5c(-c6ccccc6)cc(-c6ccccc6)cc5-c5ccccc5)cc4)cc3)c3ccc(-c4ccccc4)cc3-c3ccccc3)cc2)cc1. The number of nitrogens with zero attached hydrogens (tertiary/aromatic N) is 2. The number of anilines is 6. The molecule has 0 saturated heterocycles. The van der Waals surface area contributed by atoms with Crippen LogP contribution >= 0.6 is 0 Å². The molecule has 0 heterocycles. The molecule has 0 aromatic heterocycles. The number of hydrogen-bond donors (Lipinski definition) is 0. The Hall–Kier alpha value is -10.5. The molecule has 0 atom stereocenters. The lowest BCUT2D eigenvalue weighted by Crippen LogP contribution is -2.13. The van der Waals surface area contributed by atoms with Gasteiger partial charge in [-0.05, 0) is 145 Å². The van der Waals surface area contributed by atoms with Gasteiger partial charge in [0.15, 0.2) is 0 Å². The van der Waals surface area contributed by atoms with Crippen LogP contribution in [0.1, 0.15) is 0 Å². The lowest BCUT2D eigenvalue weighted by molar-refractivity contribution is 1.28. The van der Waals surface area contributed by atoms with Gasteiger partial charge >= 0.3 is 0 Å². The van der Waals surface area contributed by atoms with Crippen LogP contribution in [-0.4, -0.2) is 0 Å².